The van der Waals surface area contributed by atoms with Gasteiger partial charge in [-0.3, -0.25) is 4.79 Å². The molecule has 0 amide bonds. The third-order valence-electron chi connectivity index (χ3n) is 5.00. The summed E-state index contributed by atoms with van der Waals surface area (Å²) < 4.78 is 12.0. The zero-order valence-corrected chi connectivity index (χ0v) is 16.3. The Labute approximate surface area is 170 Å². The van der Waals surface area contributed by atoms with E-state index in [1.54, 1.807) is 25.1 Å². The van der Waals surface area contributed by atoms with Gasteiger partial charge in [0.1, 0.15) is 11.3 Å². The molecule has 8 nitrogen and oxygen atoms in total. The van der Waals surface area contributed by atoms with E-state index in [0.717, 1.165) is 28.0 Å². The van der Waals surface area contributed by atoms with Gasteiger partial charge in [-0.1, -0.05) is 11.3 Å². The van der Waals surface area contributed by atoms with E-state index in [1.807, 2.05) is 54.6 Å². The lowest BCUT2D eigenvalue weighted by molar-refractivity contribution is 0.398. The zero-order chi connectivity index (χ0) is 20.7. The second-order valence-electron chi connectivity index (χ2n) is 6.70. The maximum absolute atomic E-state index is 12.5. The Morgan fingerprint density at radius 1 is 0.933 bits per heavy atom. The molecule has 0 fully saturated rings. The van der Waals surface area contributed by atoms with Crippen LogP contribution in [-0.2, 0) is 0 Å². The highest BCUT2D eigenvalue weighted by molar-refractivity contribution is 6.03. The molecule has 0 atom stereocenters. The first kappa shape index (κ1) is 17.9. The van der Waals surface area contributed by atoms with Gasteiger partial charge in [0.25, 0.3) is 5.56 Å². The van der Waals surface area contributed by atoms with Crippen molar-refractivity contribution in [2.75, 3.05) is 14.2 Å². The van der Waals surface area contributed by atoms with Crippen LogP contribution in [0.5, 0.6) is 11.6 Å². The number of nitrogens with one attached hydrogen (secondary N) is 1. The second-order valence-corrected chi connectivity index (χ2v) is 6.70. The average Bonchev–Trinajstić information content (AvgIpc) is 3.25. The van der Waals surface area contributed by atoms with Crippen molar-refractivity contribution in [1.82, 2.24) is 25.0 Å². The van der Waals surface area contributed by atoms with Crippen LogP contribution in [0.3, 0.4) is 0 Å². The van der Waals surface area contributed by atoms with Crippen molar-refractivity contribution in [2.45, 2.75) is 0 Å². The lowest BCUT2D eigenvalue weighted by Crippen LogP contribution is -2.07. The minimum atomic E-state index is -0.281. The number of methoxy groups -OCH3 is 2. The molecule has 8 heteroatoms. The third kappa shape index (κ3) is 2.86. The molecule has 0 aliphatic carbocycles. The smallest absolute Gasteiger partial charge is 0.278 e. The van der Waals surface area contributed by atoms with Crippen molar-refractivity contribution in [2.24, 2.45) is 0 Å². The fraction of sp³-hybridized carbons (Fsp3) is 0.0909. The summed E-state index contributed by atoms with van der Waals surface area (Å²) in [5.74, 6) is 1.29. The third-order valence-corrected chi connectivity index (χ3v) is 5.00. The molecule has 3 heterocycles. The number of aromatic amines is 1. The Morgan fingerprint density at radius 2 is 1.73 bits per heavy atom. The molecule has 2 aromatic carbocycles. The molecule has 0 aliphatic rings. The molecule has 0 bridgehead atoms. The van der Waals surface area contributed by atoms with Gasteiger partial charge in [0, 0.05) is 23.2 Å². The molecule has 0 unspecified atom stereocenters. The normalized spacial score (nSPS) is 11.1. The first-order valence-electron chi connectivity index (χ1n) is 9.24. The van der Waals surface area contributed by atoms with E-state index in [-0.39, 0.29) is 11.1 Å². The Morgan fingerprint density at radius 3 is 2.43 bits per heavy atom. The molecule has 148 valence electrons. The topological polar surface area (TPSA) is 94.9 Å². The minimum Gasteiger partial charge on any atom is -0.497 e. The van der Waals surface area contributed by atoms with Gasteiger partial charge in [-0.2, -0.15) is 0 Å². The van der Waals surface area contributed by atoms with Crippen molar-refractivity contribution in [1.29, 1.82) is 0 Å². The van der Waals surface area contributed by atoms with Gasteiger partial charge in [-0.05, 0) is 48.0 Å². The Hall–Kier alpha value is -4.20. The number of ether oxygens (including phenoxy) is 2. The molecule has 0 saturated heterocycles. The summed E-state index contributed by atoms with van der Waals surface area (Å²) in [4.78, 5) is 19.7. The maximum Gasteiger partial charge on any atom is 0.278 e. The van der Waals surface area contributed by atoms with E-state index in [4.69, 9.17) is 9.47 Å². The number of H-pyrrole nitrogens is 1. The van der Waals surface area contributed by atoms with Gasteiger partial charge in [-0.25, -0.2) is 9.67 Å². The van der Waals surface area contributed by atoms with Gasteiger partial charge >= 0.3 is 0 Å². The summed E-state index contributed by atoms with van der Waals surface area (Å²) >= 11 is 0. The van der Waals surface area contributed by atoms with E-state index in [2.05, 4.69) is 20.3 Å². The minimum absolute atomic E-state index is 0.281. The van der Waals surface area contributed by atoms with Crippen molar-refractivity contribution in [3.05, 3.63) is 71.1 Å². The van der Waals surface area contributed by atoms with Crippen LogP contribution < -0.4 is 15.0 Å². The van der Waals surface area contributed by atoms with Gasteiger partial charge in [0.05, 0.1) is 25.4 Å². The number of benzene rings is 2. The SMILES string of the molecule is COc1ccc(-n2nnc3c(=O)[nH]c4ccc(-c5ccc(OC)nc5)cc4c32)cc1. The molecular weight excluding hydrogens is 382 g/mol. The first-order chi connectivity index (χ1) is 14.7. The van der Waals surface area contributed by atoms with E-state index in [9.17, 15) is 4.79 Å². The molecule has 3 aromatic heterocycles. The summed E-state index contributed by atoms with van der Waals surface area (Å²) in [6, 6.07) is 17.0. The second kappa shape index (κ2) is 7.00. The predicted octanol–water partition coefficient (Wildman–Crippen LogP) is 3.34. The summed E-state index contributed by atoms with van der Waals surface area (Å²) in [5, 5.41) is 9.19. The van der Waals surface area contributed by atoms with E-state index < -0.39 is 0 Å². The van der Waals surface area contributed by atoms with Crippen LogP contribution in [0.25, 0.3) is 38.8 Å². The molecule has 5 aromatic rings. The molecule has 0 saturated carbocycles. The summed E-state index contributed by atoms with van der Waals surface area (Å²) in [7, 11) is 3.20. The highest BCUT2D eigenvalue weighted by Gasteiger charge is 2.15. The van der Waals surface area contributed by atoms with Crippen LogP contribution in [0.4, 0.5) is 0 Å². The number of aromatic nitrogens is 5. The lowest BCUT2D eigenvalue weighted by atomic mass is 10.0. The summed E-state index contributed by atoms with van der Waals surface area (Å²) in [5.41, 5.74) is 4.01. The Kier molecular flexibility index (Phi) is 4.17. The van der Waals surface area contributed by atoms with Crippen LogP contribution in [0.1, 0.15) is 0 Å². The predicted molar refractivity (Wildman–Crippen MR) is 113 cm³/mol. The summed E-state index contributed by atoms with van der Waals surface area (Å²) in [6.07, 6.45) is 1.75. The van der Waals surface area contributed by atoms with Crippen molar-refractivity contribution in [3.8, 4) is 28.4 Å². The fourth-order valence-electron chi connectivity index (χ4n) is 3.46. The molecule has 5 rings (SSSR count). The van der Waals surface area contributed by atoms with E-state index in [0.29, 0.717) is 16.9 Å². The van der Waals surface area contributed by atoms with Crippen LogP contribution in [0.2, 0.25) is 0 Å². The summed E-state index contributed by atoms with van der Waals surface area (Å²) in [6.45, 7) is 0. The lowest BCUT2D eigenvalue weighted by Gasteiger charge is -2.08. The number of nitrogens with zero attached hydrogens (tertiary/aromatic N) is 4. The Bertz CT molecular complexity index is 1420. The van der Waals surface area contributed by atoms with Crippen molar-refractivity contribution < 1.29 is 9.47 Å². The number of fused-ring (bicyclic) bond motifs is 3. The first-order valence-corrected chi connectivity index (χ1v) is 9.24. The van der Waals surface area contributed by atoms with Gasteiger partial charge < -0.3 is 14.5 Å². The molecule has 0 aliphatic heterocycles. The van der Waals surface area contributed by atoms with Gasteiger partial charge in [0.2, 0.25) is 5.88 Å². The number of rotatable bonds is 4. The number of hydrogen-bond acceptors (Lipinski definition) is 6. The monoisotopic (exact) mass is 399 g/mol. The Balaban J connectivity index is 1.75. The van der Waals surface area contributed by atoms with Crippen LogP contribution in [-0.4, -0.2) is 39.2 Å². The highest BCUT2D eigenvalue weighted by atomic mass is 16.5. The van der Waals surface area contributed by atoms with Gasteiger partial charge in [0.15, 0.2) is 5.52 Å². The van der Waals surface area contributed by atoms with E-state index in [1.165, 1.54) is 0 Å². The quantitative estimate of drug-likeness (QED) is 0.498. The standard InChI is InChI=1S/C22H17N5O3/c1-29-16-7-5-15(6-8-16)27-21-17-11-13(14-4-10-19(30-2)23-12-14)3-9-18(17)24-22(28)20(21)25-26-27/h3-12H,1-2H3,(H,24,28). The maximum atomic E-state index is 12.5. The molecule has 0 spiro atoms. The average molecular weight is 399 g/mol. The number of pyridine rings is 2. The highest BCUT2D eigenvalue weighted by Crippen LogP contribution is 2.28. The fourth-order valence-corrected chi connectivity index (χ4v) is 3.46. The van der Waals surface area contributed by atoms with Crippen molar-refractivity contribution >= 4 is 21.9 Å². The molecule has 1 N–H and O–H groups in total. The van der Waals surface area contributed by atoms with Crippen LogP contribution in [0, 0.1) is 0 Å². The van der Waals surface area contributed by atoms with Gasteiger partial charge in [-0.15, -0.1) is 5.10 Å². The van der Waals surface area contributed by atoms with Crippen LogP contribution in [0.15, 0.2) is 65.6 Å². The molecular formula is C22H17N5O3. The van der Waals surface area contributed by atoms with E-state index >= 15 is 0 Å². The number of hydrogen-bond donors (Lipinski definition) is 1. The van der Waals surface area contributed by atoms with Crippen LogP contribution >= 0.6 is 0 Å². The zero-order valence-electron chi connectivity index (χ0n) is 16.3. The molecule has 30 heavy (non-hydrogen) atoms. The van der Waals surface area contributed by atoms with Crippen molar-refractivity contribution in [3.63, 3.8) is 0 Å². The molecule has 0 radical (unpaired) electrons. The largest absolute Gasteiger partial charge is 0.497 e.